The van der Waals surface area contributed by atoms with Crippen LogP contribution in [0.25, 0.3) is 0 Å². The van der Waals surface area contributed by atoms with Gasteiger partial charge >= 0.3 is 7.60 Å². The lowest BCUT2D eigenvalue weighted by molar-refractivity contribution is 0.359. The second kappa shape index (κ2) is 4.77. The molecule has 0 saturated heterocycles. The lowest BCUT2D eigenvalue weighted by Gasteiger charge is -2.17. The van der Waals surface area contributed by atoms with Gasteiger partial charge in [0.05, 0.1) is 12.8 Å². The van der Waals surface area contributed by atoms with Crippen LogP contribution in [0.1, 0.15) is 11.2 Å². The first-order chi connectivity index (χ1) is 6.99. The summed E-state index contributed by atoms with van der Waals surface area (Å²) in [6.07, 6.45) is 0. The summed E-state index contributed by atoms with van der Waals surface area (Å²) in [6, 6.07) is 6.58. The minimum absolute atomic E-state index is 0.0998. The summed E-state index contributed by atoms with van der Waals surface area (Å²) in [4.78, 5) is 18.2. The molecule has 1 atom stereocenters. The van der Waals surface area contributed by atoms with Crippen LogP contribution in [-0.2, 0) is 4.57 Å². The fourth-order valence-corrected chi connectivity index (χ4v) is 2.14. The monoisotopic (exact) mass is 231 g/mol. The third kappa shape index (κ3) is 3.04. The summed E-state index contributed by atoms with van der Waals surface area (Å²) in [5.74, 6) is 0.555. The van der Waals surface area contributed by atoms with Crippen LogP contribution >= 0.6 is 7.60 Å². The SMILES string of the molecule is COc1cccc(C(CN)P(=O)(O)O)c1. The highest BCUT2D eigenvalue weighted by atomic mass is 31.2. The standard InChI is InChI=1S/C9H14NO4P/c1-14-8-4-2-3-7(5-8)9(6-10)15(11,12)13/h2-5,9H,6,10H2,1H3,(H2,11,12,13). The van der Waals surface area contributed by atoms with E-state index >= 15 is 0 Å². The van der Waals surface area contributed by atoms with Gasteiger partial charge in [-0.2, -0.15) is 0 Å². The number of methoxy groups -OCH3 is 1. The molecule has 0 fully saturated rings. The Kier molecular flexibility index (Phi) is 3.88. The van der Waals surface area contributed by atoms with Gasteiger partial charge < -0.3 is 20.3 Å². The first-order valence-electron chi connectivity index (χ1n) is 4.38. The van der Waals surface area contributed by atoms with Crippen LogP contribution < -0.4 is 10.5 Å². The fourth-order valence-electron chi connectivity index (χ4n) is 1.32. The second-order valence-corrected chi connectivity index (χ2v) is 4.92. The summed E-state index contributed by atoms with van der Waals surface area (Å²) in [5.41, 5.74) is 4.88. The molecule has 0 heterocycles. The molecule has 4 N–H and O–H groups in total. The number of rotatable bonds is 4. The average Bonchev–Trinajstić information content (AvgIpc) is 2.17. The maximum absolute atomic E-state index is 11.1. The molecular weight excluding hydrogens is 217 g/mol. The molecule has 6 heteroatoms. The predicted octanol–water partition coefficient (Wildman–Crippen LogP) is 0.873. The van der Waals surface area contributed by atoms with E-state index in [1.54, 1.807) is 24.3 Å². The zero-order valence-electron chi connectivity index (χ0n) is 8.33. The van der Waals surface area contributed by atoms with Crippen LogP contribution in [0.5, 0.6) is 5.75 Å². The van der Waals surface area contributed by atoms with Crippen LogP contribution in [0.15, 0.2) is 24.3 Å². The molecule has 0 radical (unpaired) electrons. The van der Waals surface area contributed by atoms with Gasteiger partial charge in [0.1, 0.15) is 5.75 Å². The van der Waals surface area contributed by atoms with Crippen molar-refractivity contribution in [1.82, 2.24) is 0 Å². The van der Waals surface area contributed by atoms with E-state index in [0.717, 1.165) is 0 Å². The van der Waals surface area contributed by atoms with Gasteiger partial charge in [0.25, 0.3) is 0 Å². The highest BCUT2D eigenvalue weighted by Gasteiger charge is 2.29. The molecular formula is C9H14NO4P. The number of hydrogen-bond donors (Lipinski definition) is 3. The minimum atomic E-state index is -4.21. The molecule has 1 rings (SSSR count). The molecule has 0 aromatic heterocycles. The first kappa shape index (κ1) is 12.2. The predicted molar refractivity (Wildman–Crippen MR) is 56.8 cm³/mol. The molecule has 0 spiro atoms. The Labute approximate surface area is 88.0 Å². The highest BCUT2D eigenvalue weighted by molar-refractivity contribution is 7.52. The molecule has 5 nitrogen and oxygen atoms in total. The number of benzene rings is 1. The first-order valence-corrected chi connectivity index (χ1v) is 6.06. The van der Waals surface area contributed by atoms with E-state index in [1.807, 2.05) is 0 Å². The van der Waals surface area contributed by atoms with Crippen molar-refractivity contribution in [1.29, 1.82) is 0 Å². The van der Waals surface area contributed by atoms with E-state index in [2.05, 4.69) is 0 Å². The molecule has 0 bridgehead atoms. The van der Waals surface area contributed by atoms with Crippen molar-refractivity contribution in [3.8, 4) is 5.75 Å². The van der Waals surface area contributed by atoms with Crippen molar-refractivity contribution in [2.45, 2.75) is 5.66 Å². The second-order valence-electron chi connectivity index (χ2n) is 3.12. The van der Waals surface area contributed by atoms with E-state index in [-0.39, 0.29) is 6.54 Å². The molecule has 84 valence electrons. The van der Waals surface area contributed by atoms with E-state index in [9.17, 15) is 4.57 Å². The maximum atomic E-state index is 11.1. The number of ether oxygens (including phenoxy) is 1. The zero-order valence-corrected chi connectivity index (χ0v) is 9.22. The Hall–Kier alpha value is -0.870. The van der Waals surface area contributed by atoms with Crippen LogP contribution in [0.2, 0.25) is 0 Å². The normalized spacial score (nSPS) is 13.6. The van der Waals surface area contributed by atoms with E-state index in [1.165, 1.54) is 7.11 Å². The van der Waals surface area contributed by atoms with Gasteiger partial charge in [0.2, 0.25) is 0 Å². The molecule has 15 heavy (non-hydrogen) atoms. The Morgan fingerprint density at radius 3 is 2.67 bits per heavy atom. The van der Waals surface area contributed by atoms with Crippen molar-refractivity contribution >= 4 is 7.60 Å². The minimum Gasteiger partial charge on any atom is -0.497 e. The van der Waals surface area contributed by atoms with Gasteiger partial charge in [-0.1, -0.05) is 12.1 Å². The fraction of sp³-hybridized carbons (Fsp3) is 0.333. The lowest BCUT2D eigenvalue weighted by atomic mass is 10.1. The molecule has 0 amide bonds. The van der Waals surface area contributed by atoms with Gasteiger partial charge in [0.15, 0.2) is 0 Å². The third-order valence-corrected chi connectivity index (χ3v) is 3.43. The summed E-state index contributed by atoms with van der Waals surface area (Å²) < 4.78 is 16.1. The summed E-state index contributed by atoms with van der Waals surface area (Å²) >= 11 is 0. The Balaban J connectivity index is 3.07. The zero-order chi connectivity index (χ0) is 11.5. The van der Waals surface area contributed by atoms with Crippen LogP contribution in [0.3, 0.4) is 0 Å². The van der Waals surface area contributed by atoms with Gasteiger partial charge in [-0.25, -0.2) is 0 Å². The maximum Gasteiger partial charge on any atom is 0.334 e. The average molecular weight is 231 g/mol. The van der Waals surface area contributed by atoms with Crippen molar-refractivity contribution in [2.24, 2.45) is 5.73 Å². The van der Waals surface area contributed by atoms with Gasteiger partial charge in [-0.15, -0.1) is 0 Å². The Morgan fingerprint density at radius 2 is 2.20 bits per heavy atom. The quantitative estimate of drug-likeness (QED) is 0.668. The highest BCUT2D eigenvalue weighted by Crippen LogP contribution is 2.51. The number of hydrogen-bond acceptors (Lipinski definition) is 3. The summed E-state index contributed by atoms with van der Waals surface area (Å²) in [7, 11) is -2.71. The molecule has 0 aliphatic carbocycles. The molecule has 0 aliphatic heterocycles. The van der Waals surface area contributed by atoms with Crippen LogP contribution in [-0.4, -0.2) is 23.4 Å². The van der Waals surface area contributed by atoms with Crippen molar-refractivity contribution in [3.63, 3.8) is 0 Å². The van der Waals surface area contributed by atoms with Crippen molar-refractivity contribution in [3.05, 3.63) is 29.8 Å². The molecule has 1 aromatic rings. The summed E-state index contributed by atoms with van der Waals surface area (Å²) in [6.45, 7) is -0.0998. The van der Waals surface area contributed by atoms with Crippen molar-refractivity contribution in [2.75, 3.05) is 13.7 Å². The van der Waals surface area contributed by atoms with Crippen LogP contribution in [0, 0.1) is 0 Å². The lowest BCUT2D eigenvalue weighted by Crippen LogP contribution is -2.12. The third-order valence-electron chi connectivity index (χ3n) is 2.11. The van der Waals surface area contributed by atoms with Gasteiger partial charge in [-0.05, 0) is 17.7 Å². The van der Waals surface area contributed by atoms with E-state index in [0.29, 0.717) is 11.3 Å². The molecule has 0 aliphatic rings. The van der Waals surface area contributed by atoms with Gasteiger partial charge in [0, 0.05) is 6.54 Å². The van der Waals surface area contributed by atoms with E-state index in [4.69, 9.17) is 20.3 Å². The largest absolute Gasteiger partial charge is 0.497 e. The van der Waals surface area contributed by atoms with Crippen molar-refractivity contribution < 1.29 is 19.1 Å². The number of nitrogens with two attached hydrogens (primary N) is 1. The smallest absolute Gasteiger partial charge is 0.334 e. The molecule has 1 aromatic carbocycles. The summed E-state index contributed by atoms with van der Waals surface area (Å²) in [5, 5.41) is 0. The Morgan fingerprint density at radius 1 is 1.53 bits per heavy atom. The van der Waals surface area contributed by atoms with Gasteiger partial charge in [-0.3, -0.25) is 4.57 Å². The van der Waals surface area contributed by atoms with Crippen LogP contribution in [0.4, 0.5) is 0 Å². The Bertz CT molecular complexity index is 376. The molecule has 0 saturated carbocycles. The molecule has 1 unspecified atom stereocenters. The van der Waals surface area contributed by atoms with E-state index < -0.39 is 13.3 Å². The topological polar surface area (TPSA) is 92.8 Å².